The number of rotatable bonds is 5. The molecule has 1 aromatic heterocycles. The molecule has 1 aliphatic rings. The lowest BCUT2D eigenvalue weighted by Gasteiger charge is -2.17. The molecule has 5 heteroatoms. The van der Waals surface area contributed by atoms with Crippen LogP contribution in [0.1, 0.15) is 54.4 Å². The minimum Gasteiger partial charge on any atom is -0.350 e. The summed E-state index contributed by atoms with van der Waals surface area (Å²) in [6, 6.07) is 12.2. The summed E-state index contributed by atoms with van der Waals surface area (Å²) in [5, 5.41) is 6.72. The molecular weight excluding hydrogens is 344 g/mol. The summed E-state index contributed by atoms with van der Waals surface area (Å²) in [6.45, 7) is 8.17. The molecule has 0 spiro atoms. The van der Waals surface area contributed by atoms with E-state index in [0.717, 1.165) is 23.4 Å². The number of nitrogens with one attached hydrogen (secondary N) is 2. The first-order chi connectivity index (χ1) is 12.2. The van der Waals surface area contributed by atoms with Crippen LogP contribution in [0.5, 0.6) is 0 Å². The molecule has 0 saturated heterocycles. The van der Waals surface area contributed by atoms with Crippen LogP contribution in [0.25, 0.3) is 0 Å². The van der Waals surface area contributed by atoms with Crippen molar-refractivity contribution in [3.63, 3.8) is 0 Å². The third kappa shape index (κ3) is 3.98. The van der Waals surface area contributed by atoms with Crippen LogP contribution in [0.3, 0.4) is 0 Å². The lowest BCUT2D eigenvalue weighted by atomic mass is 9.96. The van der Waals surface area contributed by atoms with Crippen LogP contribution in [0, 0.1) is 12.3 Å². The van der Waals surface area contributed by atoms with Gasteiger partial charge in [-0.2, -0.15) is 0 Å². The molecule has 2 amide bonds. The Labute approximate surface area is 159 Å². The van der Waals surface area contributed by atoms with Crippen LogP contribution in [-0.4, -0.2) is 18.4 Å². The molecule has 1 saturated carbocycles. The fourth-order valence-corrected chi connectivity index (χ4v) is 3.89. The van der Waals surface area contributed by atoms with Gasteiger partial charge >= 0.3 is 0 Å². The number of carbonyl (C=O) groups is 2. The molecular formula is C21H26N2O2S. The first kappa shape index (κ1) is 18.6. The maximum atomic E-state index is 12.7. The molecule has 1 aromatic carbocycles. The average Bonchev–Trinajstić information content (AvgIpc) is 3.30. The molecule has 138 valence electrons. The van der Waals surface area contributed by atoms with Crippen molar-refractivity contribution in [1.29, 1.82) is 0 Å². The van der Waals surface area contributed by atoms with Gasteiger partial charge in [-0.05, 0) is 37.0 Å². The molecule has 2 aromatic rings. The fourth-order valence-electron chi connectivity index (χ4n) is 2.91. The summed E-state index contributed by atoms with van der Waals surface area (Å²) in [4.78, 5) is 25.5. The van der Waals surface area contributed by atoms with Crippen molar-refractivity contribution in [2.75, 3.05) is 11.9 Å². The van der Waals surface area contributed by atoms with E-state index in [1.807, 2.05) is 52.0 Å². The van der Waals surface area contributed by atoms with Gasteiger partial charge in [-0.15, -0.1) is 11.3 Å². The summed E-state index contributed by atoms with van der Waals surface area (Å²) in [5.74, 6) is -0.113. The molecule has 3 rings (SSSR count). The number of thiophene rings is 1. The van der Waals surface area contributed by atoms with Crippen LogP contribution in [0.15, 0.2) is 36.4 Å². The summed E-state index contributed by atoms with van der Waals surface area (Å²) in [7, 11) is 0. The number of carbonyl (C=O) groups excluding carboxylic acids is 2. The van der Waals surface area contributed by atoms with Gasteiger partial charge in [0.15, 0.2) is 0 Å². The predicted octanol–water partition coefficient (Wildman–Crippen LogP) is 4.50. The zero-order valence-electron chi connectivity index (χ0n) is 15.8. The molecule has 0 bridgehead atoms. The summed E-state index contributed by atoms with van der Waals surface area (Å²) < 4.78 is 0. The molecule has 0 aliphatic heterocycles. The van der Waals surface area contributed by atoms with E-state index >= 15 is 0 Å². The molecule has 0 unspecified atom stereocenters. The van der Waals surface area contributed by atoms with E-state index in [1.54, 1.807) is 0 Å². The van der Waals surface area contributed by atoms with Crippen LogP contribution >= 0.6 is 11.3 Å². The Morgan fingerprint density at radius 1 is 1.15 bits per heavy atom. The van der Waals surface area contributed by atoms with E-state index in [9.17, 15) is 9.59 Å². The molecule has 1 heterocycles. The Hall–Kier alpha value is -2.14. The highest BCUT2D eigenvalue weighted by atomic mass is 32.1. The minimum atomic E-state index is -0.464. The van der Waals surface area contributed by atoms with E-state index in [0.29, 0.717) is 11.4 Å². The molecule has 0 radical (unpaired) electrons. The topological polar surface area (TPSA) is 58.2 Å². The summed E-state index contributed by atoms with van der Waals surface area (Å²) in [6.07, 6.45) is 2.21. The summed E-state index contributed by atoms with van der Waals surface area (Å²) in [5.41, 5.74) is 1.81. The first-order valence-electron chi connectivity index (χ1n) is 8.97. The van der Waals surface area contributed by atoms with E-state index in [-0.39, 0.29) is 17.2 Å². The Morgan fingerprint density at radius 2 is 1.81 bits per heavy atom. The molecule has 0 atom stereocenters. The van der Waals surface area contributed by atoms with Gasteiger partial charge in [0.2, 0.25) is 5.91 Å². The number of hydrogen-bond acceptors (Lipinski definition) is 3. The summed E-state index contributed by atoms with van der Waals surface area (Å²) >= 11 is 1.33. The van der Waals surface area contributed by atoms with Crippen molar-refractivity contribution in [2.24, 2.45) is 5.41 Å². The monoisotopic (exact) mass is 370 g/mol. The van der Waals surface area contributed by atoms with Gasteiger partial charge in [-0.1, -0.05) is 51.1 Å². The van der Waals surface area contributed by atoms with Gasteiger partial charge in [0.25, 0.3) is 5.91 Å². The molecule has 1 aliphatic carbocycles. The van der Waals surface area contributed by atoms with Crippen molar-refractivity contribution in [1.82, 2.24) is 5.32 Å². The zero-order chi connectivity index (χ0) is 18.9. The number of aryl methyl sites for hydroxylation is 1. The van der Waals surface area contributed by atoms with Gasteiger partial charge in [0.1, 0.15) is 0 Å². The lowest BCUT2D eigenvalue weighted by molar-refractivity contribution is -0.123. The third-order valence-electron chi connectivity index (χ3n) is 4.87. The van der Waals surface area contributed by atoms with Crippen molar-refractivity contribution < 1.29 is 9.59 Å². The van der Waals surface area contributed by atoms with Crippen LogP contribution in [-0.2, 0) is 10.2 Å². The number of anilines is 1. The average molecular weight is 371 g/mol. The minimum absolute atomic E-state index is 0.0493. The van der Waals surface area contributed by atoms with Crippen LogP contribution in [0.4, 0.5) is 5.00 Å². The van der Waals surface area contributed by atoms with Crippen molar-refractivity contribution in [3.05, 3.63) is 52.4 Å². The van der Waals surface area contributed by atoms with Crippen molar-refractivity contribution >= 4 is 28.2 Å². The normalized spacial score (nSPS) is 15.4. The smallest absolute Gasteiger partial charge is 0.261 e. The van der Waals surface area contributed by atoms with Gasteiger partial charge in [0, 0.05) is 17.4 Å². The fraction of sp³-hybridized carbons (Fsp3) is 0.429. The highest BCUT2D eigenvalue weighted by Crippen LogP contribution is 2.47. The van der Waals surface area contributed by atoms with Gasteiger partial charge < -0.3 is 10.6 Å². The SMILES string of the molecule is Cc1cc(NC(=O)C(C)(C)C)sc1C(=O)NCC1(c2ccccc2)CC1. The highest BCUT2D eigenvalue weighted by molar-refractivity contribution is 7.18. The first-order valence-corrected chi connectivity index (χ1v) is 9.79. The number of benzene rings is 1. The third-order valence-corrected chi connectivity index (χ3v) is 6.02. The highest BCUT2D eigenvalue weighted by Gasteiger charge is 2.44. The van der Waals surface area contributed by atoms with Crippen LogP contribution < -0.4 is 10.6 Å². The van der Waals surface area contributed by atoms with Gasteiger partial charge in [-0.25, -0.2) is 0 Å². The second-order valence-corrected chi connectivity index (χ2v) is 9.21. The van der Waals surface area contributed by atoms with E-state index in [1.165, 1.54) is 16.9 Å². The Balaban J connectivity index is 1.65. The Bertz CT molecular complexity index is 814. The standard InChI is InChI=1S/C21H26N2O2S/c1-14-12-16(23-19(25)20(2,3)4)26-17(14)18(24)22-13-21(10-11-21)15-8-6-5-7-9-15/h5-9,12H,10-11,13H2,1-4H3,(H,22,24)(H,23,25). The molecule has 4 nitrogen and oxygen atoms in total. The maximum absolute atomic E-state index is 12.7. The molecule has 2 N–H and O–H groups in total. The number of hydrogen-bond donors (Lipinski definition) is 2. The van der Waals surface area contributed by atoms with E-state index < -0.39 is 5.41 Å². The Kier molecular flexibility index (Phi) is 4.93. The quantitative estimate of drug-likeness (QED) is 0.814. The van der Waals surface area contributed by atoms with Gasteiger partial charge in [0.05, 0.1) is 9.88 Å². The van der Waals surface area contributed by atoms with Crippen LogP contribution in [0.2, 0.25) is 0 Å². The van der Waals surface area contributed by atoms with E-state index in [4.69, 9.17) is 0 Å². The Morgan fingerprint density at radius 3 is 2.38 bits per heavy atom. The largest absolute Gasteiger partial charge is 0.350 e. The van der Waals surface area contributed by atoms with Crippen molar-refractivity contribution in [2.45, 2.75) is 46.0 Å². The maximum Gasteiger partial charge on any atom is 0.261 e. The number of amides is 2. The molecule has 1 fully saturated rings. The van der Waals surface area contributed by atoms with Crippen molar-refractivity contribution in [3.8, 4) is 0 Å². The van der Waals surface area contributed by atoms with Gasteiger partial charge in [-0.3, -0.25) is 9.59 Å². The zero-order valence-corrected chi connectivity index (χ0v) is 16.6. The van der Waals surface area contributed by atoms with E-state index in [2.05, 4.69) is 22.8 Å². The second-order valence-electron chi connectivity index (χ2n) is 8.16. The second kappa shape index (κ2) is 6.88. The predicted molar refractivity (Wildman–Crippen MR) is 107 cm³/mol. The molecule has 26 heavy (non-hydrogen) atoms. The lowest BCUT2D eigenvalue weighted by Crippen LogP contribution is -2.32.